The van der Waals surface area contributed by atoms with Gasteiger partial charge in [-0.25, -0.2) is 4.99 Å². The number of likely N-dealkylation sites (N-methyl/N-ethyl adjacent to an activating group) is 1. The lowest BCUT2D eigenvalue weighted by Gasteiger charge is -2.22. The van der Waals surface area contributed by atoms with E-state index < -0.39 is 6.61 Å². The molecular weight excluding hydrogens is 499 g/mol. The highest BCUT2D eigenvalue weighted by Crippen LogP contribution is 2.29. The predicted molar refractivity (Wildman–Crippen MR) is 121 cm³/mol. The maximum Gasteiger partial charge on any atom is 0.387 e. The van der Waals surface area contributed by atoms with Crippen LogP contribution in [0.25, 0.3) is 0 Å². The molecule has 9 heteroatoms. The summed E-state index contributed by atoms with van der Waals surface area (Å²) >= 11 is 1.74. The summed E-state index contributed by atoms with van der Waals surface area (Å²) in [7, 11) is 3.39. The van der Waals surface area contributed by atoms with E-state index in [-0.39, 0.29) is 35.5 Å². The summed E-state index contributed by atoms with van der Waals surface area (Å²) in [6.07, 6.45) is 0.938. The zero-order chi connectivity index (χ0) is 19.6. The Bertz CT molecular complexity index is 730. The van der Waals surface area contributed by atoms with Gasteiger partial charge in [0.15, 0.2) is 17.5 Å². The first-order valence-electron chi connectivity index (χ1n) is 8.67. The van der Waals surface area contributed by atoms with Crippen molar-refractivity contribution in [2.45, 2.75) is 26.5 Å². The maximum atomic E-state index is 12.6. The van der Waals surface area contributed by atoms with Gasteiger partial charge in [-0.15, -0.1) is 35.3 Å². The van der Waals surface area contributed by atoms with Crippen LogP contribution >= 0.6 is 35.3 Å². The molecule has 2 rings (SSSR count). The van der Waals surface area contributed by atoms with Crippen molar-refractivity contribution >= 4 is 41.3 Å². The van der Waals surface area contributed by atoms with E-state index in [1.54, 1.807) is 23.5 Å². The Kier molecular flexibility index (Phi) is 11.1. The first-order chi connectivity index (χ1) is 13.0. The van der Waals surface area contributed by atoms with Crippen LogP contribution < -0.4 is 14.8 Å². The molecule has 1 aromatic heterocycles. The summed E-state index contributed by atoms with van der Waals surface area (Å²) in [4.78, 5) is 7.99. The van der Waals surface area contributed by atoms with E-state index in [1.807, 2.05) is 20.0 Å². The van der Waals surface area contributed by atoms with Crippen molar-refractivity contribution in [1.82, 2.24) is 10.2 Å². The number of nitrogens with zero attached hydrogens (tertiary/aromatic N) is 2. The Morgan fingerprint density at radius 1 is 1.29 bits per heavy atom. The van der Waals surface area contributed by atoms with Crippen molar-refractivity contribution in [3.63, 3.8) is 0 Å². The third-order valence-corrected chi connectivity index (χ3v) is 4.76. The van der Waals surface area contributed by atoms with Crippen molar-refractivity contribution in [2.24, 2.45) is 4.99 Å². The number of alkyl halides is 2. The van der Waals surface area contributed by atoms with Crippen LogP contribution in [0.15, 0.2) is 40.7 Å². The molecule has 5 nitrogen and oxygen atoms in total. The monoisotopic (exact) mass is 525 g/mol. The van der Waals surface area contributed by atoms with E-state index in [9.17, 15) is 8.78 Å². The second-order valence-corrected chi connectivity index (χ2v) is 6.82. The molecule has 0 fully saturated rings. The van der Waals surface area contributed by atoms with Gasteiger partial charge in [0.1, 0.15) is 0 Å². The normalized spacial score (nSPS) is 11.1. The summed E-state index contributed by atoms with van der Waals surface area (Å²) in [5.74, 6) is 1.04. The molecule has 0 spiro atoms. The van der Waals surface area contributed by atoms with E-state index in [0.29, 0.717) is 6.54 Å². The molecule has 2 aromatic rings. The van der Waals surface area contributed by atoms with Gasteiger partial charge in [0.05, 0.1) is 13.7 Å². The summed E-state index contributed by atoms with van der Waals surface area (Å²) in [5.41, 5.74) is 0.758. The van der Waals surface area contributed by atoms with Gasteiger partial charge in [0.2, 0.25) is 0 Å². The molecule has 1 aromatic carbocycles. The van der Waals surface area contributed by atoms with Gasteiger partial charge in [-0.1, -0.05) is 12.1 Å². The summed E-state index contributed by atoms with van der Waals surface area (Å²) in [6.45, 7) is 1.01. The molecule has 1 heterocycles. The quantitative estimate of drug-likeness (QED) is 0.295. The molecule has 0 unspecified atom stereocenters. The van der Waals surface area contributed by atoms with Gasteiger partial charge in [0.25, 0.3) is 0 Å². The number of hydrogen-bond acceptors (Lipinski definition) is 4. The number of aliphatic imine (C=N–C) groups is 1. The van der Waals surface area contributed by atoms with Gasteiger partial charge < -0.3 is 19.7 Å². The number of halogens is 3. The Balaban J connectivity index is 0.00000392. The van der Waals surface area contributed by atoms with Crippen molar-refractivity contribution in [2.75, 3.05) is 27.2 Å². The number of thiophene rings is 1. The number of nitrogens with one attached hydrogen (secondary N) is 1. The highest BCUT2D eigenvalue weighted by Gasteiger charge is 2.12. The van der Waals surface area contributed by atoms with Gasteiger partial charge in [0, 0.05) is 25.0 Å². The van der Waals surface area contributed by atoms with E-state index >= 15 is 0 Å². The topological polar surface area (TPSA) is 46.1 Å². The number of rotatable bonds is 9. The first kappa shape index (κ1) is 24.4. The minimum Gasteiger partial charge on any atom is -0.493 e. The van der Waals surface area contributed by atoms with Crippen LogP contribution in [-0.2, 0) is 13.0 Å². The maximum absolute atomic E-state index is 12.6. The lowest BCUT2D eigenvalue weighted by atomic mass is 10.2. The smallest absolute Gasteiger partial charge is 0.387 e. The fourth-order valence-corrected chi connectivity index (χ4v) is 3.18. The third kappa shape index (κ3) is 7.78. The SMILES string of the molecule is CCNC(=NCc1ccc(OC)c(OC(F)F)c1)N(C)CCc1cccs1.I. The van der Waals surface area contributed by atoms with Crippen LogP contribution in [0.4, 0.5) is 8.78 Å². The van der Waals surface area contributed by atoms with Crippen molar-refractivity contribution in [3.05, 3.63) is 46.2 Å². The number of methoxy groups -OCH3 is 1. The van der Waals surface area contributed by atoms with E-state index in [4.69, 9.17) is 4.74 Å². The fraction of sp³-hybridized carbons (Fsp3) is 0.421. The Labute approximate surface area is 185 Å². The summed E-state index contributed by atoms with van der Waals surface area (Å²) in [6, 6.07) is 9.09. The molecule has 0 saturated carbocycles. The number of guanidine groups is 1. The molecule has 156 valence electrons. The van der Waals surface area contributed by atoms with E-state index in [0.717, 1.165) is 31.0 Å². The molecule has 0 aliphatic heterocycles. The molecule has 28 heavy (non-hydrogen) atoms. The molecule has 0 radical (unpaired) electrons. The van der Waals surface area contributed by atoms with Crippen LogP contribution in [0.5, 0.6) is 11.5 Å². The average molecular weight is 525 g/mol. The number of ether oxygens (including phenoxy) is 2. The van der Waals surface area contributed by atoms with E-state index in [1.165, 1.54) is 18.1 Å². The second-order valence-electron chi connectivity index (χ2n) is 5.78. The molecule has 0 aliphatic rings. The highest BCUT2D eigenvalue weighted by atomic mass is 127. The molecule has 1 N–H and O–H groups in total. The van der Waals surface area contributed by atoms with Crippen LogP contribution in [0.1, 0.15) is 17.4 Å². The van der Waals surface area contributed by atoms with E-state index in [2.05, 4.69) is 31.4 Å². The minimum atomic E-state index is -2.90. The summed E-state index contributed by atoms with van der Waals surface area (Å²) in [5, 5.41) is 5.32. The molecule has 0 bridgehead atoms. The fourth-order valence-electron chi connectivity index (χ4n) is 2.48. The highest BCUT2D eigenvalue weighted by molar-refractivity contribution is 14.0. The van der Waals surface area contributed by atoms with Crippen molar-refractivity contribution in [1.29, 1.82) is 0 Å². The predicted octanol–water partition coefficient (Wildman–Crippen LogP) is 4.62. The zero-order valence-electron chi connectivity index (χ0n) is 16.2. The van der Waals surface area contributed by atoms with Crippen molar-refractivity contribution < 1.29 is 18.3 Å². The molecule has 0 amide bonds. The van der Waals surface area contributed by atoms with Crippen molar-refractivity contribution in [3.8, 4) is 11.5 Å². The first-order valence-corrected chi connectivity index (χ1v) is 9.55. The molecule has 0 atom stereocenters. The van der Waals surface area contributed by atoms with Gasteiger partial charge >= 0.3 is 6.61 Å². The lowest BCUT2D eigenvalue weighted by Crippen LogP contribution is -2.39. The molecule has 0 saturated heterocycles. The number of hydrogen-bond donors (Lipinski definition) is 1. The van der Waals surface area contributed by atoms with Crippen LogP contribution in [-0.4, -0.2) is 44.7 Å². The van der Waals surface area contributed by atoms with Gasteiger partial charge in [-0.2, -0.15) is 8.78 Å². The van der Waals surface area contributed by atoms with Crippen LogP contribution in [0.3, 0.4) is 0 Å². The Morgan fingerprint density at radius 3 is 2.68 bits per heavy atom. The Hall–Kier alpha value is -1.62. The van der Waals surface area contributed by atoms with Crippen LogP contribution in [0.2, 0.25) is 0 Å². The Morgan fingerprint density at radius 2 is 2.07 bits per heavy atom. The van der Waals surface area contributed by atoms with Crippen LogP contribution in [0, 0.1) is 0 Å². The largest absolute Gasteiger partial charge is 0.493 e. The average Bonchev–Trinajstić information content (AvgIpc) is 3.16. The number of benzene rings is 1. The summed E-state index contributed by atoms with van der Waals surface area (Å²) < 4.78 is 34.7. The van der Waals surface area contributed by atoms with Gasteiger partial charge in [-0.05, 0) is 42.5 Å². The third-order valence-electron chi connectivity index (χ3n) is 3.83. The zero-order valence-corrected chi connectivity index (χ0v) is 19.3. The lowest BCUT2D eigenvalue weighted by molar-refractivity contribution is -0.0512. The molecular formula is C19H26F2IN3O2S. The second kappa shape index (κ2) is 12.8. The van der Waals surface area contributed by atoms with Gasteiger partial charge in [-0.3, -0.25) is 0 Å². The standard InChI is InChI=1S/C19H25F2N3O2S.HI/c1-4-22-19(24(2)10-9-15-6-5-11-27-15)23-13-14-7-8-16(25-3)17(12-14)26-18(20)21;/h5-8,11-12,18H,4,9-10,13H2,1-3H3,(H,22,23);1H. The minimum absolute atomic E-state index is 0. The molecule has 0 aliphatic carbocycles.